The molecule has 0 N–H and O–H groups in total. The summed E-state index contributed by atoms with van der Waals surface area (Å²) < 4.78 is 20.4. The summed E-state index contributed by atoms with van der Waals surface area (Å²) in [4.78, 5) is 12.6. The highest BCUT2D eigenvalue weighted by molar-refractivity contribution is 5.72. The van der Waals surface area contributed by atoms with Gasteiger partial charge in [-0.05, 0) is 82.5 Å². The molecule has 0 aliphatic heterocycles. The number of alkyl halides is 1. The van der Waals surface area contributed by atoms with E-state index < -0.39 is 12.3 Å². The van der Waals surface area contributed by atoms with Crippen molar-refractivity contribution in [3.8, 4) is 11.8 Å². The van der Waals surface area contributed by atoms with Gasteiger partial charge in [0.2, 0.25) is 0 Å². The Bertz CT molecular complexity index is 590. The molecule has 0 spiro atoms. The van der Waals surface area contributed by atoms with Crippen LogP contribution in [0, 0.1) is 41.4 Å². The molecule has 3 aliphatic carbocycles. The highest BCUT2D eigenvalue weighted by Crippen LogP contribution is 2.35. The molecule has 3 aliphatic rings. The fourth-order valence-corrected chi connectivity index (χ4v) is 6.02. The number of rotatable bonds is 7. The molecule has 3 rings (SSSR count). The first-order valence-corrected chi connectivity index (χ1v) is 13.4. The van der Waals surface area contributed by atoms with Crippen molar-refractivity contribution in [2.24, 2.45) is 29.6 Å². The molecule has 31 heavy (non-hydrogen) atoms. The van der Waals surface area contributed by atoms with Crippen LogP contribution in [-0.4, -0.2) is 18.2 Å². The largest absolute Gasteiger partial charge is 0.459 e. The zero-order valence-corrected chi connectivity index (χ0v) is 20.0. The number of unbranched alkanes of at least 4 members (excludes halogenated alkanes) is 1. The molecule has 176 valence electrons. The Labute approximate surface area is 190 Å². The van der Waals surface area contributed by atoms with Gasteiger partial charge in [0.05, 0.1) is 5.92 Å². The Balaban J connectivity index is 1.36. The van der Waals surface area contributed by atoms with Crippen molar-refractivity contribution in [3.63, 3.8) is 0 Å². The van der Waals surface area contributed by atoms with Gasteiger partial charge in [-0.2, -0.15) is 0 Å². The van der Waals surface area contributed by atoms with Crippen molar-refractivity contribution < 1.29 is 13.9 Å². The molecule has 3 unspecified atom stereocenters. The second-order valence-corrected chi connectivity index (χ2v) is 10.7. The molecular weight excluding hydrogens is 387 g/mol. The Hall–Kier alpha value is -1.04. The van der Waals surface area contributed by atoms with Crippen LogP contribution in [0.3, 0.4) is 0 Å². The number of halogens is 1. The second-order valence-electron chi connectivity index (χ2n) is 10.7. The Morgan fingerprint density at radius 2 is 1.42 bits per heavy atom. The normalized spacial score (nSPS) is 36.3. The summed E-state index contributed by atoms with van der Waals surface area (Å²) in [6.45, 7) is 4.49. The first kappa shape index (κ1) is 24.6. The maximum Gasteiger partial charge on any atom is 0.309 e. The van der Waals surface area contributed by atoms with Gasteiger partial charge in [0.25, 0.3) is 0 Å². The molecule has 0 aromatic rings. The minimum absolute atomic E-state index is 0.00900. The van der Waals surface area contributed by atoms with Crippen LogP contribution in [0.2, 0.25) is 0 Å². The van der Waals surface area contributed by atoms with Gasteiger partial charge < -0.3 is 4.74 Å². The van der Waals surface area contributed by atoms with Gasteiger partial charge in [0, 0.05) is 11.8 Å². The average Bonchev–Trinajstić information content (AvgIpc) is 2.79. The van der Waals surface area contributed by atoms with Crippen LogP contribution in [0.25, 0.3) is 0 Å². The number of hydrogen-bond acceptors (Lipinski definition) is 2. The third-order valence-electron chi connectivity index (χ3n) is 8.16. The van der Waals surface area contributed by atoms with Crippen LogP contribution in [0.1, 0.15) is 117 Å². The molecule has 0 aromatic heterocycles. The Morgan fingerprint density at radius 3 is 2.06 bits per heavy atom. The molecule has 0 heterocycles. The van der Waals surface area contributed by atoms with Gasteiger partial charge in [-0.15, -0.1) is 0 Å². The summed E-state index contributed by atoms with van der Waals surface area (Å²) in [5.74, 6) is 9.04. The van der Waals surface area contributed by atoms with E-state index >= 15 is 0 Å². The van der Waals surface area contributed by atoms with Gasteiger partial charge in [-0.25, -0.2) is 4.39 Å². The first-order valence-electron chi connectivity index (χ1n) is 13.4. The van der Waals surface area contributed by atoms with Gasteiger partial charge in [-0.1, -0.05) is 57.8 Å². The molecule has 0 radical (unpaired) electrons. The van der Waals surface area contributed by atoms with Crippen molar-refractivity contribution >= 4 is 5.97 Å². The maximum absolute atomic E-state index is 14.8. The molecule has 3 heteroatoms. The SMILES string of the molecule is CCCCC1CCC(C#CC2CCC(OC(=O)C3CCC(CCC)CC3)C(F)C2)CC1. The third kappa shape index (κ3) is 7.80. The zero-order valence-electron chi connectivity index (χ0n) is 20.0. The highest BCUT2D eigenvalue weighted by Gasteiger charge is 2.35. The standard InChI is InChI=1S/C28H45FO2/c1-3-5-7-22-8-10-23(11-9-22)12-13-24-16-19-27(26(29)20-24)31-28(30)25-17-14-21(6-4-2)15-18-25/h21-27H,3-11,14-20H2,1-2H3. The second kappa shape index (κ2) is 12.9. The van der Waals surface area contributed by atoms with Crippen LogP contribution in [0.4, 0.5) is 4.39 Å². The lowest BCUT2D eigenvalue weighted by molar-refractivity contribution is -0.161. The minimum Gasteiger partial charge on any atom is -0.459 e. The summed E-state index contributed by atoms with van der Waals surface area (Å²) in [5.41, 5.74) is 0. The van der Waals surface area contributed by atoms with Crippen molar-refractivity contribution in [2.75, 3.05) is 0 Å². The van der Waals surface area contributed by atoms with Crippen molar-refractivity contribution in [1.82, 2.24) is 0 Å². The van der Waals surface area contributed by atoms with Crippen LogP contribution in [0.5, 0.6) is 0 Å². The van der Waals surface area contributed by atoms with Crippen molar-refractivity contribution in [3.05, 3.63) is 0 Å². The smallest absolute Gasteiger partial charge is 0.309 e. The van der Waals surface area contributed by atoms with Crippen LogP contribution < -0.4 is 0 Å². The van der Waals surface area contributed by atoms with Crippen molar-refractivity contribution in [1.29, 1.82) is 0 Å². The monoisotopic (exact) mass is 432 g/mol. The van der Waals surface area contributed by atoms with Crippen LogP contribution in [-0.2, 0) is 9.53 Å². The quantitative estimate of drug-likeness (QED) is 0.305. The topological polar surface area (TPSA) is 26.3 Å². The van der Waals surface area contributed by atoms with E-state index in [2.05, 4.69) is 25.7 Å². The van der Waals surface area contributed by atoms with E-state index in [1.54, 1.807) is 0 Å². The molecular formula is C28H45FO2. The Morgan fingerprint density at radius 1 is 0.806 bits per heavy atom. The summed E-state index contributed by atoms with van der Waals surface area (Å²) in [6, 6.07) is 0. The number of esters is 1. The van der Waals surface area contributed by atoms with Gasteiger partial charge in [-0.3, -0.25) is 4.79 Å². The molecule has 3 atom stereocenters. The van der Waals surface area contributed by atoms with E-state index in [4.69, 9.17) is 4.74 Å². The number of carbonyl (C=O) groups excluding carboxylic acids is 1. The maximum atomic E-state index is 14.8. The van der Waals surface area contributed by atoms with E-state index in [-0.39, 0.29) is 17.8 Å². The average molecular weight is 433 g/mol. The van der Waals surface area contributed by atoms with Crippen LogP contribution in [0.15, 0.2) is 0 Å². The number of carbonyl (C=O) groups is 1. The molecule has 0 aromatic carbocycles. The van der Waals surface area contributed by atoms with Crippen LogP contribution >= 0.6 is 0 Å². The summed E-state index contributed by atoms with van der Waals surface area (Å²) in [5, 5.41) is 0. The molecule has 0 saturated heterocycles. The Kier molecular flexibility index (Phi) is 10.2. The lowest BCUT2D eigenvalue weighted by Crippen LogP contribution is -2.36. The molecule has 0 amide bonds. The fraction of sp³-hybridized carbons (Fsp3) is 0.893. The highest BCUT2D eigenvalue weighted by atomic mass is 19.1. The minimum atomic E-state index is -1.06. The summed E-state index contributed by atoms with van der Waals surface area (Å²) in [6.07, 6.45) is 16.0. The predicted molar refractivity (Wildman–Crippen MR) is 125 cm³/mol. The van der Waals surface area contributed by atoms with E-state index in [1.807, 2.05) is 0 Å². The number of ether oxygens (including phenoxy) is 1. The number of hydrogen-bond donors (Lipinski definition) is 0. The third-order valence-corrected chi connectivity index (χ3v) is 8.16. The lowest BCUT2D eigenvalue weighted by atomic mass is 9.79. The fourth-order valence-electron chi connectivity index (χ4n) is 6.02. The molecule has 0 bridgehead atoms. The molecule has 3 fully saturated rings. The van der Waals surface area contributed by atoms with Gasteiger partial charge in [0.15, 0.2) is 0 Å². The van der Waals surface area contributed by atoms with Gasteiger partial charge >= 0.3 is 5.97 Å². The summed E-state index contributed by atoms with van der Waals surface area (Å²) >= 11 is 0. The molecule has 2 nitrogen and oxygen atoms in total. The van der Waals surface area contributed by atoms with E-state index in [0.717, 1.165) is 43.9 Å². The first-order chi connectivity index (χ1) is 15.1. The molecule has 3 saturated carbocycles. The zero-order chi connectivity index (χ0) is 22.1. The summed E-state index contributed by atoms with van der Waals surface area (Å²) in [7, 11) is 0. The van der Waals surface area contributed by atoms with E-state index in [1.165, 1.54) is 57.8 Å². The van der Waals surface area contributed by atoms with Gasteiger partial charge in [0.1, 0.15) is 12.3 Å². The van der Waals surface area contributed by atoms with Crippen molar-refractivity contribution in [2.45, 2.75) is 129 Å². The van der Waals surface area contributed by atoms with E-state index in [0.29, 0.717) is 18.8 Å². The lowest BCUT2D eigenvalue weighted by Gasteiger charge is -2.32. The predicted octanol–water partition coefficient (Wildman–Crippen LogP) is 7.64. The van der Waals surface area contributed by atoms with E-state index in [9.17, 15) is 9.18 Å².